The van der Waals surface area contributed by atoms with Gasteiger partial charge < -0.3 is 10.4 Å². The average molecular weight is 419 g/mol. The van der Waals surface area contributed by atoms with Crippen LogP contribution in [-0.4, -0.2) is 47.5 Å². The summed E-state index contributed by atoms with van der Waals surface area (Å²) in [6.45, 7) is 0. The number of carboxylic acid groups (broad SMARTS) is 1. The number of carbonyl (C=O) groups is 3. The maximum atomic E-state index is 12.6. The van der Waals surface area contributed by atoms with Gasteiger partial charge in [-0.3, -0.25) is 14.1 Å². The van der Waals surface area contributed by atoms with Crippen molar-refractivity contribution in [2.75, 3.05) is 5.75 Å². The number of amides is 1. The van der Waals surface area contributed by atoms with E-state index in [0.717, 1.165) is 11.1 Å². The van der Waals surface area contributed by atoms with Crippen molar-refractivity contribution in [1.29, 1.82) is 0 Å². The van der Waals surface area contributed by atoms with Crippen LogP contribution < -0.4 is 5.32 Å². The van der Waals surface area contributed by atoms with Gasteiger partial charge >= 0.3 is 5.97 Å². The molecule has 0 aliphatic carbocycles. The largest absolute Gasteiger partial charge is 0.480 e. The molecule has 154 valence electrons. The van der Waals surface area contributed by atoms with Gasteiger partial charge in [0.05, 0.1) is 0 Å². The molecule has 2 aromatic rings. The topological polar surface area (TPSA) is 138 Å². The predicted octanol–water partition coefficient (Wildman–Crippen LogP) is 2.16. The number of carbonyl (C=O) groups excluding carboxylic acids is 2. The predicted molar refractivity (Wildman–Crippen MR) is 106 cm³/mol. The van der Waals surface area contributed by atoms with Crippen molar-refractivity contribution in [3.05, 3.63) is 60.2 Å². The Morgan fingerprint density at radius 1 is 0.931 bits per heavy atom. The SMILES string of the molecule is O=C(CCCC(=O)c1ccccc1-c1ccccc1)N[C@@H](CS(=O)(=O)O)C(=O)O. The van der Waals surface area contributed by atoms with Gasteiger partial charge in [-0.15, -0.1) is 0 Å². The van der Waals surface area contributed by atoms with E-state index in [1.807, 2.05) is 47.8 Å². The van der Waals surface area contributed by atoms with Crippen LogP contribution in [0.15, 0.2) is 54.6 Å². The fourth-order valence-corrected chi connectivity index (χ4v) is 3.44. The van der Waals surface area contributed by atoms with E-state index in [9.17, 15) is 22.8 Å². The summed E-state index contributed by atoms with van der Waals surface area (Å²) >= 11 is 0. The Labute approximate surface area is 168 Å². The van der Waals surface area contributed by atoms with Crippen LogP contribution in [0.25, 0.3) is 11.1 Å². The quantitative estimate of drug-likeness (QED) is 0.396. The minimum Gasteiger partial charge on any atom is -0.480 e. The first-order chi connectivity index (χ1) is 13.7. The molecule has 0 radical (unpaired) electrons. The van der Waals surface area contributed by atoms with Crippen molar-refractivity contribution in [2.24, 2.45) is 0 Å². The molecule has 0 aromatic heterocycles. The van der Waals surface area contributed by atoms with Gasteiger partial charge in [0.1, 0.15) is 11.8 Å². The fourth-order valence-electron chi connectivity index (χ4n) is 2.79. The van der Waals surface area contributed by atoms with E-state index < -0.39 is 33.8 Å². The zero-order valence-electron chi connectivity index (χ0n) is 15.4. The molecule has 2 aromatic carbocycles. The molecule has 1 amide bonds. The lowest BCUT2D eigenvalue weighted by Crippen LogP contribution is -2.45. The first-order valence-corrected chi connectivity index (χ1v) is 10.4. The Hall–Kier alpha value is -3.04. The standard InChI is InChI=1S/C20H21NO7S/c22-18(16-10-5-4-9-15(16)14-7-2-1-3-8-14)11-6-12-19(23)21-17(20(24)25)13-29(26,27)28/h1-5,7-10,17H,6,11-13H2,(H,21,23)(H,24,25)(H,26,27,28)/t17-/m0/s1. The third kappa shape index (κ3) is 7.13. The monoisotopic (exact) mass is 419 g/mol. The van der Waals surface area contributed by atoms with Gasteiger partial charge in [0.2, 0.25) is 5.91 Å². The van der Waals surface area contributed by atoms with E-state index >= 15 is 0 Å². The van der Waals surface area contributed by atoms with Crippen LogP contribution in [0.4, 0.5) is 0 Å². The third-order valence-corrected chi connectivity index (χ3v) is 4.89. The molecule has 0 heterocycles. The summed E-state index contributed by atoms with van der Waals surface area (Å²) in [5.41, 5.74) is 2.19. The molecular weight excluding hydrogens is 398 g/mol. The smallest absolute Gasteiger partial charge is 0.327 e. The second-order valence-corrected chi connectivity index (χ2v) is 7.89. The van der Waals surface area contributed by atoms with Gasteiger partial charge in [0.25, 0.3) is 10.1 Å². The number of ketones is 1. The highest BCUT2D eigenvalue weighted by Crippen LogP contribution is 2.24. The van der Waals surface area contributed by atoms with Gasteiger partial charge in [0.15, 0.2) is 5.78 Å². The lowest BCUT2D eigenvalue weighted by molar-refractivity contribution is -0.141. The van der Waals surface area contributed by atoms with Crippen LogP contribution in [-0.2, 0) is 19.7 Å². The second-order valence-electron chi connectivity index (χ2n) is 6.40. The van der Waals surface area contributed by atoms with E-state index in [1.54, 1.807) is 12.1 Å². The summed E-state index contributed by atoms with van der Waals surface area (Å²) < 4.78 is 30.4. The molecule has 9 heteroatoms. The Bertz CT molecular complexity index is 987. The highest BCUT2D eigenvalue weighted by molar-refractivity contribution is 7.85. The minimum atomic E-state index is -4.56. The van der Waals surface area contributed by atoms with Crippen LogP contribution in [0.1, 0.15) is 29.6 Å². The summed E-state index contributed by atoms with van der Waals surface area (Å²) in [6, 6.07) is 14.7. The number of aliphatic carboxylic acids is 1. The molecule has 0 bridgehead atoms. The third-order valence-electron chi connectivity index (χ3n) is 4.13. The number of Topliss-reactive ketones (excluding diaryl/α,β-unsaturated/α-hetero) is 1. The molecule has 1 atom stereocenters. The normalized spacial score (nSPS) is 12.2. The van der Waals surface area contributed by atoms with E-state index in [0.29, 0.717) is 5.56 Å². The molecule has 0 saturated carbocycles. The summed E-state index contributed by atoms with van der Waals surface area (Å²) in [5.74, 6) is -3.59. The van der Waals surface area contributed by atoms with Gasteiger partial charge in [-0.25, -0.2) is 4.79 Å². The van der Waals surface area contributed by atoms with Crippen molar-refractivity contribution in [2.45, 2.75) is 25.3 Å². The zero-order valence-corrected chi connectivity index (χ0v) is 16.3. The molecule has 2 rings (SSSR count). The van der Waals surface area contributed by atoms with Crippen molar-refractivity contribution in [1.82, 2.24) is 5.32 Å². The number of benzene rings is 2. The minimum absolute atomic E-state index is 0.0628. The van der Waals surface area contributed by atoms with Crippen LogP contribution in [0.2, 0.25) is 0 Å². The van der Waals surface area contributed by atoms with Crippen molar-refractivity contribution in [3.63, 3.8) is 0 Å². The maximum Gasteiger partial charge on any atom is 0.327 e. The van der Waals surface area contributed by atoms with Gasteiger partial charge in [-0.2, -0.15) is 8.42 Å². The molecule has 0 saturated heterocycles. The van der Waals surface area contributed by atoms with Gasteiger partial charge in [-0.1, -0.05) is 54.6 Å². The van der Waals surface area contributed by atoms with Crippen LogP contribution >= 0.6 is 0 Å². The van der Waals surface area contributed by atoms with Crippen molar-refractivity contribution < 1.29 is 32.5 Å². The number of hydrogen-bond donors (Lipinski definition) is 3. The number of hydrogen-bond acceptors (Lipinski definition) is 5. The summed E-state index contributed by atoms with van der Waals surface area (Å²) in [7, 11) is -4.56. The number of rotatable bonds is 10. The summed E-state index contributed by atoms with van der Waals surface area (Å²) in [4.78, 5) is 35.5. The first kappa shape index (κ1) is 22.3. The molecule has 0 aliphatic heterocycles. The molecule has 3 N–H and O–H groups in total. The van der Waals surface area contributed by atoms with E-state index in [1.165, 1.54) is 0 Å². The molecule has 8 nitrogen and oxygen atoms in total. The van der Waals surface area contributed by atoms with Crippen molar-refractivity contribution >= 4 is 27.8 Å². The summed E-state index contributed by atoms with van der Waals surface area (Å²) in [6.07, 6.45) is 0.0633. The van der Waals surface area contributed by atoms with Crippen molar-refractivity contribution in [3.8, 4) is 11.1 Å². The van der Waals surface area contributed by atoms with E-state index in [4.69, 9.17) is 9.66 Å². The lowest BCUT2D eigenvalue weighted by atomic mass is 9.95. The van der Waals surface area contributed by atoms with E-state index in [-0.39, 0.29) is 25.0 Å². The molecule has 0 unspecified atom stereocenters. The number of nitrogens with one attached hydrogen (secondary N) is 1. The van der Waals surface area contributed by atoms with Crippen LogP contribution in [0.5, 0.6) is 0 Å². The molecule has 0 fully saturated rings. The molecule has 0 aliphatic rings. The fraction of sp³-hybridized carbons (Fsp3) is 0.250. The molecular formula is C20H21NO7S. The maximum absolute atomic E-state index is 12.6. The highest BCUT2D eigenvalue weighted by Gasteiger charge is 2.25. The van der Waals surface area contributed by atoms with Gasteiger partial charge in [0, 0.05) is 18.4 Å². The van der Waals surface area contributed by atoms with E-state index in [2.05, 4.69) is 0 Å². The van der Waals surface area contributed by atoms with Crippen LogP contribution in [0, 0.1) is 0 Å². The first-order valence-electron chi connectivity index (χ1n) is 8.82. The highest BCUT2D eigenvalue weighted by atomic mass is 32.2. The number of carboxylic acids is 1. The van der Waals surface area contributed by atoms with Crippen LogP contribution in [0.3, 0.4) is 0 Å². The molecule has 29 heavy (non-hydrogen) atoms. The van der Waals surface area contributed by atoms with Gasteiger partial charge in [-0.05, 0) is 17.5 Å². The Morgan fingerprint density at radius 2 is 1.55 bits per heavy atom. The Morgan fingerprint density at radius 3 is 2.17 bits per heavy atom. The Balaban J connectivity index is 1.95. The zero-order chi connectivity index (χ0) is 21.4. The molecule has 0 spiro atoms. The second kappa shape index (κ2) is 9.94. The Kier molecular flexibility index (Phi) is 7.63. The summed E-state index contributed by atoms with van der Waals surface area (Å²) in [5, 5.41) is 11.0. The lowest BCUT2D eigenvalue weighted by Gasteiger charge is -2.13. The average Bonchev–Trinajstić information content (AvgIpc) is 2.67.